The molecule has 2 amide bonds. The van der Waals surface area contributed by atoms with Gasteiger partial charge < -0.3 is 0 Å². The van der Waals surface area contributed by atoms with Gasteiger partial charge in [0, 0.05) is 6.54 Å². The summed E-state index contributed by atoms with van der Waals surface area (Å²) in [6.45, 7) is 10.8. The van der Waals surface area contributed by atoms with Gasteiger partial charge in [0.1, 0.15) is 0 Å². The van der Waals surface area contributed by atoms with Crippen LogP contribution in [0.25, 0.3) is 0 Å². The topological polar surface area (TPSA) is 37.4 Å². The lowest BCUT2D eigenvalue weighted by Crippen LogP contribution is -2.40. The van der Waals surface area contributed by atoms with Gasteiger partial charge in [-0.1, -0.05) is 39.8 Å². The van der Waals surface area contributed by atoms with Crippen LogP contribution >= 0.6 is 0 Å². The minimum absolute atomic E-state index is 0.0821. The quantitative estimate of drug-likeness (QED) is 0.781. The van der Waals surface area contributed by atoms with E-state index in [4.69, 9.17) is 0 Å². The van der Waals surface area contributed by atoms with Gasteiger partial charge in [-0.25, -0.2) is 0 Å². The number of amides is 2. The van der Waals surface area contributed by atoms with E-state index >= 15 is 0 Å². The number of aryl methyl sites for hydroxylation is 1. The average molecular weight is 259 g/mol. The van der Waals surface area contributed by atoms with E-state index in [1.165, 1.54) is 4.90 Å². The molecule has 1 aliphatic rings. The van der Waals surface area contributed by atoms with Crippen molar-refractivity contribution < 1.29 is 9.59 Å². The molecular formula is C16H21NO2. The van der Waals surface area contributed by atoms with Gasteiger partial charge in [-0.15, -0.1) is 0 Å². The van der Waals surface area contributed by atoms with E-state index in [0.29, 0.717) is 23.6 Å². The van der Waals surface area contributed by atoms with Gasteiger partial charge in [-0.05, 0) is 29.9 Å². The van der Waals surface area contributed by atoms with E-state index in [9.17, 15) is 9.59 Å². The summed E-state index contributed by atoms with van der Waals surface area (Å²) in [5, 5.41) is 0. The summed E-state index contributed by atoms with van der Waals surface area (Å²) in [5.41, 5.74) is 1.92. The molecular weight excluding hydrogens is 238 g/mol. The van der Waals surface area contributed by atoms with Crippen LogP contribution < -0.4 is 0 Å². The van der Waals surface area contributed by atoms with E-state index in [2.05, 4.69) is 27.7 Å². The van der Waals surface area contributed by atoms with E-state index in [1.54, 1.807) is 6.07 Å². The van der Waals surface area contributed by atoms with Gasteiger partial charge in [0.05, 0.1) is 11.1 Å². The Hall–Kier alpha value is -1.64. The molecule has 1 aromatic rings. The van der Waals surface area contributed by atoms with Crippen LogP contribution in [0.1, 0.15) is 54.0 Å². The van der Waals surface area contributed by atoms with Crippen LogP contribution in [0.5, 0.6) is 0 Å². The van der Waals surface area contributed by atoms with Gasteiger partial charge in [0.25, 0.3) is 11.8 Å². The highest BCUT2D eigenvalue weighted by atomic mass is 16.2. The number of carbonyl (C=O) groups is 2. The molecule has 102 valence electrons. The van der Waals surface area contributed by atoms with Crippen LogP contribution in [-0.2, 0) is 0 Å². The van der Waals surface area contributed by atoms with Crippen molar-refractivity contribution in [2.75, 3.05) is 6.54 Å². The molecule has 3 nitrogen and oxygen atoms in total. The SMILES string of the molecule is Cc1cccc2c1C(=O)N(CC(C)(C)C(C)C)C2=O. The molecule has 0 bridgehead atoms. The predicted octanol–water partition coefficient (Wildman–Crippen LogP) is 3.27. The lowest BCUT2D eigenvalue weighted by Gasteiger charge is -2.32. The first kappa shape index (κ1) is 13.8. The van der Waals surface area contributed by atoms with Gasteiger partial charge in [0.2, 0.25) is 0 Å². The Morgan fingerprint density at radius 1 is 1.16 bits per heavy atom. The highest BCUT2D eigenvalue weighted by Crippen LogP contribution is 2.32. The maximum atomic E-state index is 12.4. The third-order valence-electron chi connectivity index (χ3n) is 4.34. The zero-order valence-electron chi connectivity index (χ0n) is 12.3. The summed E-state index contributed by atoms with van der Waals surface area (Å²) in [6, 6.07) is 5.45. The molecule has 0 saturated carbocycles. The second-order valence-electron chi connectivity index (χ2n) is 6.34. The number of fused-ring (bicyclic) bond motifs is 1. The Labute approximate surface area is 114 Å². The molecule has 0 spiro atoms. The molecule has 0 saturated heterocycles. The number of hydrogen-bond acceptors (Lipinski definition) is 2. The molecule has 19 heavy (non-hydrogen) atoms. The summed E-state index contributed by atoms with van der Waals surface area (Å²) in [6.07, 6.45) is 0. The van der Waals surface area contributed by atoms with Crippen molar-refractivity contribution in [3.05, 3.63) is 34.9 Å². The van der Waals surface area contributed by atoms with Crippen LogP contribution in [-0.4, -0.2) is 23.3 Å². The second kappa shape index (κ2) is 4.48. The fourth-order valence-electron chi connectivity index (χ4n) is 2.24. The molecule has 0 radical (unpaired) electrons. The minimum Gasteiger partial charge on any atom is -0.274 e. The Morgan fingerprint density at radius 2 is 1.79 bits per heavy atom. The molecule has 0 N–H and O–H groups in total. The number of hydrogen-bond donors (Lipinski definition) is 0. The minimum atomic E-state index is -0.155. The normalized spacial score (nSPS) is 15.4. The molecule has 1 aliphatic heterocycles. The third kappa shape index (κ3) is 2.18. The fourth-order valence-corrected chi connectivity index (χ4v) is 2.24. The van der Waals surface area contributed by atoms with E-state index in [1.807, 2.05) is 19.1 Å². The molecule has 0 fully saturated rings. The zero-order valence-corrected chi connectivity index (χ0v) is 12.3. The monoisotopic (exact) mass is 259 g/mol. The molecule has 0 atom stereocenters. The maximum absolute atomic E-state index is 12.4. The Bertz CT molecular complexity index is 544. The second-order valence-corrected chi connectivity index (χ2v) is 6.34. The summed E-state index contributed by atoms with van der Waals surface area (Å²) in [7, 11) is 0. The third-order valence-corrected chi connectivity index (χ3v) is 4.34. The summed E-state index contributed by atoms with van der Waals surface area (Å²) < 4.78 is 0. The van der Waals surface area contributed by atoms with Crippen molar-refractivity contribution >= 4 is 11.8 Å². The van der Waals surface area contributed by atoms with Crippen LogP contribution in [0.15, 0.2) is 18.2 Å². The smallest absolute Gasteiger partial charge is 0.261 e. The number of imide groups is 1. The number of carbonyl (C=O) groups excluding carboxylic acids is 2. The summed E-state index contributed by atoms with van der Waals surface area (Å²) in [5.74, 6) is 0.0992. The first-order valence-corrected chi connectivity index (χ1v) is 6.71. The predicted molar refractivity (Wildman–Crippen MR) is 75.2 cm³/mol. The van der Waals surface area contributed by atoms with E-state index < -0.39 is 0 Å². The number of benzene rings is 1. The van der Waals surface area contributed by atoms with Gasteiger partial charge in [-0.3, -0.25) is 14.5 Å². The lowest BCUT2D eigenvalue weighted by molar-refractivity contribution is 0.0553. The highest BCUT2D eigenvalue weighted by Gasteiger charge is 2.39. The molecule has 1 aromatic carbocycles. The maximum Gasteiger partial charge on any atom is 0.261 e. The Kier molecular flexibility index (Phi) is 3.25. The highest BCUT2D eigenvalue weighted by molar-refractivity contribution is 6.22. The Balaban J connectivity index is 2.36. The van der Waals surface area contributed by atoms with Crippen LogP contribution in [0.4, 0.5) is 0 Å². The first-order valence-electron chi connectivity index (χ1n) is 6.71. The van der Waals surface area contributed by atoms with Gasteiger partial charge in [0.15, 0.2) is 0 Å². The standard InChI is InChI=1S/C16H21NO2/c1-10(2)16(4,5)9-17-14(18)12-8-6-7-11(3)13(12)15(17)19/h6-8,10H,9H2,1-5H3. The van der Waals surface area contributed by atoms with Crippen molar-refractivity contribution in [3.8, 4) is 0 Å². The van der Waals surface area contributed by atoms with Crippen molar-refractivity contribution in [3.63, 3.8) is 0 Å². The van der Waals surface area contributed by atoms with Crippen molar-refractivity contribution in [1.82, 2.24) is 4.90 Å². The number of nitrogens with zero attached hydrogens (tertiary/aromatic N) is 1. The largest absolute Gasteiger partial charge is 0.274 e. The van der Waals surface area contributed by atoms with Crippen molar-refractivity contribution in [2.45, 2.75) is 34.6 Å². The van der Waals surface area contributed by atoms with Gasteiger partial charge >= 0.3 is 0 Å². The molecule has 0 aromatic heterocycles. The summed E-state index contributed by atoms with van der Waals surface area (Å²) in [4.78, 5) is 26.2. The van der Waals surface area contributed by atoms with Crippen molar-refractivity contribution in [1.29, 1.82) is 0 Å². The Morgan fingerprint density at radius 3 is 2.32 bits per heavy atom. The number of rotatable bonds is 3. The first-order chi connectivity index (χ1) is 8.75. The molecule has 1 heterocycles. The van der Waals surface area contributed by atoms with Gasteiger partial charge in [-0.2, -0.15) is 0 Å². The lowest BCUT2D eigenvalue weighted by atomic mass is 9.81. The van der Waals surface area contributed by atoms with Crippen molar-refractivity contribution in [2.24, 2.45) is 11.3 Å². The van der Waals surface area contributed by atoms with Crippen LogP contribution in [0.2, 0.25) is 0 Å². The molecule has 3 heteroatoms. The summed E-state index contributed by atoms with van der Waals surface area (Å²) >= 11 is 0. The molecule has 2 rings (SSSR count). The molecule has 0 unspecified atom stereocenters. The molecule has 0 aliphatic carbocycles. The van der Waals surface area contributed by atoms with E-state index in [-0.39, 0.29) is 17.2 Å². The average Bonchev–Trinajstić information content (AvgIpc) is 2.55. The van der Waals surface area contributed by atoms with E-state index in [0.717, 1.165) is 5.56 Å². The fraction of sp³-hybridized carbons (Fsp3) is 0.500. The zero-order chi connectivity index (χ0) is 14.4. The van der Waals surface area contributed by atoms with Crippen LogP contribution in [0.3, 0.4) is 0 Å². The van der Waals surface area contributed by atoms with Crippen LogP contribution in [0, 0.1) is 18.3 Å².